The Hall–Kier alpha value is -3.29. The molecule has 0 bridgehead atoms. The normalized spacial score (nSPS) is 22.2. The number of aryl methyl sites for hydroxylation is 2. The molecule has 3 atom stereocenters. The van der Waals surface area contributed by atoms with Crippen LogP contribution in [-0.2, 0) is 22.4 Å². The van der Waals surface area contributed by atoms with Crippen molar-refractivity contribution < 1.29 is 14.3 Å². The van der Waals surface area contributed by atoms with E-state index in [0.717, 1.165) is 78.0 Å². The number of rotatable bonds is 4. The van der Waals surface area contributed by atoms with E-state index in [9.17, 15) is 9.59 Å². The topological polar surface area (TPSA) is 90.2 Å². The van der Waals surface area contributed by atoms with Gasteiger partial charge < -0.3 is 9.30 Å². The molecule has 35 heavy (non-hydrogen) atoms. The zero-order valence-corrected chi connectivity index (χ0v) is 21.0. The number of methoxy groups -OCH3 is 1. The van der Waals surface area contributed by atoms with Gasteiger partial charge in [0.15, 0.2) is 0 Å². The predicted molar refractivity (Wildman–Crippen MR) is 134 cm³/mol. The third kappa shape index (κ3) is 4.30. The number of fused-ring (bicyclic) bond motifs is 3. The first-order valence-corrected chi connectivity index (χ1v) is 12.5. The highest BCUT2D eigenvalue weighted by molar-refractivity contribution is 5.95. The summed E-state index contributed by atoms with van der Waals surface area (Å²) in [5.41, 5.74) is 5.70. The van der Waals surface area contributed by atoms with Crippen LogP contribution in [0.25, 0.3) is 11.0 Å². The summed E-state index contributed by atoms with van der Waals surface area (Å²) in [4.78, 5) is 40.7. The van der Waals surface area contributed by atoms with Gasteiger partial charge in [-0.1, -0.05) is 6.42 Å². The molecular weight excluding hydrogens is 442 g/mol. The van der Waals surface area contributed by atoms with Gasteiger partial charge in [0.2, 0.25) is 0 Å². The minimum absolute atomic E-state index is 0.0615. The monoisotopic (exact) mass is 475 g/mol. The summed E-state index contributed by atoms with van der Waals surface area (Å²) in [5, 5.41) is 0. The molecule has 2 aliphatic rings. The van der Waals surface area contributed by atoms with Crippen molar-refractivity contribution in [3.8, 4) is 0 Å². The Morgan fingerprint density at radius 3 is 2.69 bits per heavy atom. The summed E-state index contributed by atoms with van der Waals surface area (Å²) in [6.07, 6.45) is 9.35. The van der Waals surface area contributed by atoms with Crippen molar-refractivity contribution in [3.05, 3.63) is 47.3 Å². The Morgan fingerprint density at radius 1 is 1.14 bits per heavy atom. The zero-order chi connectivity index (χ0) is 24.7. The zero-order valence-electron chi connectivity index (χ0n) is 21.0. The molecule has 1 aliphatic heterocycles. The van der Waals surface area contributed by atoms with Gasteiger partial charge >= 0.3 is 6.09 Å². The first-order valence-electron chi connectivity index (χ1n) is 12.5. The molecule has 0 unspecified atom stereocenters. The minimum Gasteiger partial charge on any atom is -0.452 e. The number of ketones is 1. The van der Waals surface area contributed by atoms with E-state index in [1.54, 1.807) is 18.0 Å². The summed E-state index contributed by atoms with van der Waals surface area (Å²) in [6, 6.07) is 4.37. The molecule has 8 nitrogen and oxygen atoms in total. The number of benzene rings is 1. The van der Waals surface area contributed by atoms with Crippen LogP contribution in [0.5, 0.6) is 0 Å². The second kappa shape index (κ2) is 9.40. The quantitative estimate of drug-likeness (QED) is 0.530. The molecule has 3 aromatic rings. The van der Waals surface area contributed by atoms with Crippen molar-refractivity contribution >= 4 is 28.6 Å². The number of anilines is 1. The number of hydrogen-bond donors (Lipinski definition) is 0. The summed E-state index contributed by atoms with van der Waals surface area (Å²) < 4.78 is 7.43. The molecule has 1 amide bonds. The Kier molecular flexibility index (Phi) is 6.30. The summed E-state index contributed by atoms with van der Waals surface area (Å²) in [7, 11) is 1.42. The average molecular weight is 476 g/mol. The average Bonchev–Trinajstić information content (AvgIpc) is 3.23. The lowest BCUT2D eigenvalue weighted by Gasteiger charge is -2.34. The first-order chi connectivity index (χ1) is 16.9. The number of imidazole rings is 1. The van der Waals surface area contributed by atoms with E-state index in [1.807, 2.05) is 26.1 Å². The largest absolute Gasteiger partial charge is 0.452 e. The van der Waals surface area contributed by atoms with Crippen molar-refractivity contribution in [2.75, 3.05) is 12.0 Å². The number of hydrogen-bond acceptors (Lipinski definition) is 6. The Balaban J connectivity index is 1.65. The summed E-state index contributed by atoms with van der Waals surface area (Å²) in [6.45, 7) is 5.69. The lowest BCUT2D eigenvalue weighted by Crippen LogP contribution is -2.42. The van der Waals surface area contributed by atoms with Crippen LogP contribution in [0.3, 0.4) is 0 Å². The van der Waals surface area contributed by atoms with Crippen LogP contribution in [0.2, 0.25) is 0 Å². The third-order valence-electron chi connectivity index (χ3n) is 7.66. The highest BCUT2D eigenvalue weighted by Crippen LogP contribution is 2.40. The predicted octanol–water partition coefficient (Wildman–Crippen LogP) is 4.95. The van der Waals surface area contributed by atoms with E-state index in [1.165, 1.54) is 7.11 Å². The molecule has 0 N–H and O–H groups in total. The van der Waals surface area contributed by atoms with E-state index in [-0.39, 0.29) is 29.9 Å². The number of carbonyl (C=O) groups excluding carboxylic acids is 2. The lowest BCUT2D eigenvalue weighted by atomic mass is 9.83. The molecule has 1 saturated carbocycles. The van der Waals surface area contributed by atoms with Crippen LogP contribution in [0.15, 0.2) is 24.5 Å². The van der Waals surface area contributed by atoms with E-state index >= 15 is 0 Å². The lowest BCUT2D eigenvalue weighted by molar-refractivity contribution is -0.122. The number of aromatic nitrogens is 4. The van der Waals surface area contributed by atoms with Gasteiger partial charge in [0, 0.05) is 42.4 Å². The van der Waals surface area contributed by atoms with E-state index < -0.39 is 0 Å². The van der Waals surface area contributed by atoms with Gasteiger partial charge in [-0.3, -0.25) is 19.7 Å². The SMILES string of the molecule is COC(=O)N1c2ccc3c(nc(Cc4cnc(C)cn4)n3[C@@H]3CCC[C@@H](C(C)=O)C3)c2CC[C@@H]1C. The van der Waals surface area contributed by atoms with E-state index in [4.69, 9.17) is 9.72 Å². The van der Waals surface area contributed by atoms with Gasteiger partial charge in [-0.2, -0.15) is 0 Å². The summed E-state index contributed by atoms with van der Waals surface area (Å²) >= 11 is 0. The van der Waals surface area contributed by atoms with Crippen molar-refractivity contribution in [2.45, 2.75) is 77.8 Å². The third-order valence-corrected chi connectivity index (χ3v) is 7.66. The number of amides is 1. The van der Waals surface area contributed by atoms with E-state index in [0.29, 0.717) is 6.42 Å². The van der Waals surface area contributed by atoms with Crippen molar-refractivity contribution in [1.82, 2.24) is 19.5 Å². The van der Waals surface area contributed by atoms with Crippen molar-refractivity contribution in [1.29, 1.82) is 0 Å². The maximum Gasteiger partial charge on any atom is 0.414 e. The fourth-order valence-electron chi connectivity index (χ4n) is 5.80. The smallest absolute Gasteiger partial charge is 0.414 e. The van der Waals surface area contributed by atoms with E-state index in [2.05, 4.69) is 20.6 Å². The van der Waals surface area contributed by atoms with Crippen LogP contribution in [-0.4, -0.2) is 44.5 Å². The van der Waals surface area contributed by atoms with Gasteiger partial charge in [0.1, 0.15) is 11.6 Å². The molecule has 184 valence electrons. The molecule has 1 fully saturated rings. The Labute approximate surface area is 205 Å². The molecule has 1 aromatic carbocycles. The molecule has 2 aromatic heterocycles. The van der Waals surface area contributed by atoms with Crippen LogP contribution in [0.1, 0.15) is 74.8 Å². The Bertz CT molecular complexity index is 1270. The van der Waals surface area contributed by atoms with Crippen LogP contribution >= 0.6 is 0 Å². The molecule has 0 saturated heterocycles. The summed E-state index contributed by atoms with van der Waals surface area (Å²) in [5.74, 6) is 1.29. The highest BCUT2D eigenvalue weighted by Gasteiger charge is 2.33. The first kappa shape index (κ1) is 23.5. The molecular formula is C27H33N5O3. The number of ether oxygens (including phenoxy) is 1. The van der Waals surface area contributed by atoms with Gasteiger partial charge in [0.25, 0.3) is 0 Å². The molecule has 5 rings (SSSR count). The van der Waals surface area contributed by atoms with Crippen LogP contribution in [0.4, 0.5) is 10.5 Å². The second-order valence-electron chi connectivity index (χ2n) is 10.0. The van der Waals surface area contributed by atoms with Gasteiger partial charge in [0.05, 0.1) is 35.2 Å². The van der Waals surface area contributed by atoms with Gasteiger partial charge in [-0.05, 0) is 65.0 Å². The fourth-order valence-corrected chi connectivity index (χ4v) is 5.80. The standard InChI is InChI=1S/C27H33N5O3/c1-16-14-29-20(15-28-16)13-25-30-26-22-9-8-17(2)31(27(34)35-4)23(22)10-11-24(26)32(25)21-7-5-6-19(12-21)18(3)33/h10-11,14-15,17,19,21H,5-9,12-13H2,1-4H3/t17-,19+,21+/m0/s1. The molecule has 1 aliphatic carbocycles. The van der Waals surface area contributed by atoms with Crippen molar-refractivity contribution in [2.24, 2.45) is 5.92 Å². The number of nitrogens with zero attached hydrogens (tertiary/aromatic N) is 5. The highest BCUT2D eigenvalue weighted by atomic mass is 16.5. The Morgan fingerprint density at radius 2 is 1.97 bits per heavy atom. The van der Waals surface area contributed by atoms with Crippen LogP contribution < -0.4 is 4.90 Å². The second-order valence-corrected chi connectivity index (χ2v) is 10.0. The molecule has 8 heteroatoms. The van der Waals surface area contributed by atoms with Gasteiger partial charge in [-0.25, -0.2) is 9.78 Å². The minimum atomic E-state index is -0.344. The maximum absolute atomic E-state index is 12.6. The fraction of sp³-hybridized carbons (Fsp3) is 0.519. The molecule has 0 radical (unpaired) electrons. The number of Topliss-reactive ketones (excluding diaryl/α,β-unsaturated/α-hetero) is 1. The van der Waals surface area contributed by atoms with Gasteiger partial charge in [-0.15, -0.1) is 0 Å². The number of carbonyl (C=O) groups is 2. The maximum atomic E-state index is 12.6. The molecule has 3 heterocycles. The van der Waals surface area contributed by atoms with Crippen LogP contribution in [0, 0.1) is 12.8 Å². The van der Waals surface area contributed by atoms with Crippen molar-refractivity contribution in [3.63, 3.8) is 0 Å². The molecule has 0 spiro atoms.